The van der Waals surface area contributed by atoms with Gasteiger partial charge in [-0.05, 0) is 11.6 Å². The predicted octanol–water partition coefficient (Wildman–Crippen LogP) is 0.629. The van der Waals surface area contributed by atoms with Crippen LogP contribution in [0.1, 0.15) is 20.8 Å². The molecule has 0 fully saturated rings. The van der Waals surface area contributed by atoms with Crippen LogP contribution in [0.4, 0.5) is 0 Å². The van der Waals surface area contributed by atoms with Gasteiger partial charge in [-0.15, -0.1) is 0 Å². The van der Waals surface area contributed by atoms with Crippen LogP contribution in [0.2, 0.25) is 0 Å². The molecule has 0 unspecified atom stereocenters. The summed E-state index contributed by atoms with van der Waals surface area (Å²) in [6.07, 6.45) is 0. The van der Waals surface area contributed by atoms with Gasteiger partial charge in [-0.1, -0.05) is 48.5 Å². The maximum Gasteiger partial charge on any atom is 0.0949 e. The monoisotopic (exact) mass is 291 g/mol. The zero-order chi connectivity index (χ0) is 15.7. The molecule has 0 radical (unpaired) electrons. The van der Waals surface area contributed by atoms with Crippen LogP contribution >= 0.6 is 0 Å². The van der Waals surface area contributed by atoms with Crippen molar-refractivity contribution < 1.29 is 19.8 Å². The summed E-state index contributed by atoms with van der Waals surface area (Å²) in [5.74, 6) is -2.99. The third-order valence-corrected chi connectivity index (χ3v) is 3.35. The minimum Gasteiger partial charge on any atom is -0.545 e. The first-order valence-electron chi connectivity index (χ1n) is 6.50. The number of carbonyl (C=O) groups is 2. The molecule has 3 rings (SSSR count). The van der Waals surface area contributed by atoms with Crippen molar-refractivity contribution in [3.8, 4) is 11.1 Å². The highest BCUT2D eigenvalue weighted by Gasteiger charge is 2.17. The van der Waals surface area contributed by atoms with Crippen molar-refractivity contribution in [1.29, 1.82) is 0 Å². The van der Waals surface area contributed by atoms with Gasteiger partial charge in [0.05, 0.1) is 23.1 Å². The molecular weight excluding hydrogens is 282 g/mol. The van der Waals surface area contributed by atoms with Gasteiger partial charge in [0.25, 0.3) is 0 Å². The lowest BCUT2D eigenvalue weighted by Gasteiger charge is -2.18. The second-order valence-electron chi connectivity index (χ2n) is 4.67. The lowest BCUT2D eigenvalue weighted by Crippen LogP contribution is -2.28. The third kappa shape index (κ3) is 2.18. The number of benzene rings is 2. The molecule has 1 heterocycles. The minimum atomic E-state index is -1.54. The van der Waals surface area contributed by atoms with Gasteiger partial charge in [-0.25, -0.2) is 4.98 Å². The summed E-state index contributed by atoms with van der Waals surface area (Å²) in [5.41, 5.74) is 0.0825. The fraction of sp³-hybridized carbons (Fsp3) is 0. The van der Waals surface area contributed by atoms with Gasteiger partial charge >= 0.3 is 0 Å². The van der Waals surface area contributed by atoms with Gasteiger partial charge in [0, 0.05) is 16.5 Å². The molecule has 5 heteroatoms. The topological polar surface area (TPSA) is 93.2 Å². The second-order valence-corrected chi connectivity index (χ2v) is 4.67. The van der Waals surface area contributed by atoms with Gasteiger partial charge < -0.3 is 19.8 Å². The normalized spacial score (nSPS) is 10.5. The number of rotatable bonds is 3. The first kappa shape index (κ1) is 13.8. The lowest BCUT2D eigenvalue weighted by molar-refractivity contribution is -0.255. The number of carboxylic acids is 2. The van der Waals surface area contributed by atoms with Gasteiger partial charge in [0.2, 0.25) is 0 Å². The Kier molecular flexibility index (Phi) is 3.31. The third-order valence-electron chi connectivity index (χ3n) is 3.35. The average molecular weight is 291 g/mol. The Bertz CT molecular complexity index is 888. The van der Waals surface area contributed by atoms with Crippen molar-refractivity contribution in [1.82, 2.24) is 4.98 Å². The van der Waals surface area contributed by atoms with E-state index in [0.29, 0.717) is 10.9 Å². The van der Waals surface area contributed by atoms with E-state index in [9.17, 15) is 19.8 Å². The number of aromatic carboxylic acids is 2. The smallest absolute Gasteiger partial charge is 0.0949 e. The van der Waals surface area contributed by atoms with E-state index in [1.54, 1.807) is 54.6 Å². The first-order chi connectivity index (χ1) is 10.6. The Hall–Kier alpha value is -3.21. The van der Waals surface area contributed by atoms with E-state index in [4.69, 9.17) is 0 Å². The van der Waals surface area contributed by atoms with E-state index < -0.39 is 17.6 Å². The summed E-state index contributed by atoms with van der Waals surface area (Å²) in [7, 11) is 0. The molecule has 0 saturated heterocycles. The van der Waals surface area contributed by atoms with Crippen molar-refractivity contribution in [3.05, 3.63) is 65.9 Å². The fourth-order valence-corrected chi connectivity index (χ4v) is 2.46. The maximum atomic E-state index is 11.6. The molecule has 0 spiro atoms. The van der Waals surface area contributed by atoms with E-state index in [2.05, 4.69) is 4.98 Å². The number of nitrogens with zero attached hydrogens (tertiary/aromatic N) is 1. The molecule has 0 aliphatic rings. The molecule has 3 aromatic rings. The zero-order valence-electron chi connectivity index (χ0n) is 11.3. The van der Waals surface area contributed by atoms with E-state index in [0.717, 1.165) is 0 Å². The molecule has 22 heavy (non-hydrogen) atoms. The molecule has 5 nitrogen and oxygen atoms in total. The van der Waals surface area contributed by atoms with Crippen molar-refractivity contribution in [2.75, 3.05) is 0 Å². The Labute approximate surface area is 125 Å². The van der Waals surface area contributed by atoms with Crippen molar-refractivity contribution in [2.45, 2.75) is 0 Å². The van der Waals surface area contributed by atoms with Crippen LogP contribution in [0.5, 0.6) is 0 Å². The van der Waals surface area contributed by atoms with E-state index >= 15 is 0 Å². The summed E-state index contributed by atoms with van der Waals surface area (Å²) in [6, 6.07) is 14.8. The summed E-state index contributed by atoms with van der Waals surface area (Å²) in [6.45, 7) is 0. The second kappa shape index (κ2) is 5.29. The Morgan fingerprint density at radius 2 is 1.45 bits per heavy atom. The highest BCUT2D eigenvalue weighted by Crippen LogP contribution is 2.31. The predicted molar refractivity (Wildman–Crippen MR) is 75.8 cm³/mol. The molecule has 0 aliphatic carbocycles. The molecule has 0 bridgehead atoms. The van der Waals surface area contributed by atoms with Crippen molar-refractivity contribution in [3.63, 3.8) is 0 Å². The van der Waals surface area contributed by atoms with E-state index in [1.807, 2.05) is 0 Å². The van der Waals surface area contributed by atoms with Crippen LogP contribution in [-0.4, -0.2) is 16.9 Å². The average Bonchev–Trinajstić information content (AvgIpc) is 2.53. The number of fused-ring (bicyclic) bond motifs is 1. The molecule has 0 N–H and O–H groups in total. The molecule has 0 atom stereocenters. The molecule has 0 aliphatic heterocycles. The highest BCUT2D eigenvalue weighted by molar-refractivity contribution is 6.11. The standard InChI is InChI=1S/C17H11NO4/c19-16(20)14-11-8-4-5-9-12(11)18-15(17(21)22)13(14)10-6-2-1-3-7-10/h1-9H,(H,19,20)(H,21,22)/p-2. The first-order valence-corrected chi connectivity index (χ1v) is 6.50. The summed E-state index contributed by atoms with van der Waals surface area (Å²) < 4.78 is 0. The molecule has 0 amide bonds. The molecular formula is C17H9NO4-2. The van der Waals surface area contributed by atoms with Crippen molar-refractivity contribution in [2.24, 2.45) is 0 Å². The van der Waals surface area contributed by atoms with Crippen molar-refractivity contribution >= 4 is 22.8 Å². The number of carbonyl (C=O) groups excluding carboxylic acids is 2. The van der Waals surface area contributed by atoms with Gasteiger partial charge in [-0.3, -0.25) is 0 Å². The maximum absolute atomic E-state index is 11.6. The van der Waals surface area contributed by atoms with Gasteiger partial charge in [0.1, 0.15) is 0 Å². The molecule has 108 valence electrons. The van der Waals surface area contributed by atoms with Crippen LogP contribution in [-0.2, 0) is 0 Å². The van der Waals surface area contributed by atoms with Gasteiger partial charge in [0.15, 0.2) is 0 Å². The Morgan fingerprint density at radius 3 is 2.09 bits per heavy atom. The Balaban J connectivity index is 2.51. The number of hydrogen-bond donors (Lipinski definition) is 0. The number of carboxylic acid groups (broad SMARTS) is 2. The molecule has 0 saturated carbocycles. The van der Waals surface area contributed by atoms with Crippen LogP contribution < -0.4 is 10.2 Å². The van der Waals surface area contributed by atoms with E-state index in [1.165, 1.54) is 0 Å². The summed E-state index contributed by atoms with van der Waals surface area (Å²) in [5, 5.41) is 23.4. The minimum absolute atomic E-state index is 0.000648. The Morgan fingerprint density at radius 1 is 0.818 bits per heavy atom. The van der Waals surface area contributed by atoms with Crippen LogP contribution in [0.15, 0.2) is 54.6 Å². The highest BCUT2D eigenvalue weighted by atomic mass is 16.4. The quantitative estimate of drug-likeness (QED) is 0.705. The molecule has 2 aromatic carbocycles. The van der Waals surface area contributed by atoms with Gasteiger partial charge in [-0.2, -0.15) is 0 Å². The van der Waals surface area contributed by atoms with Crippen LogP contribution in [0, 0.1) is 0 Å². The number of hydrogen-bond acceptors (Lipinski definition) is 5. The largest absolute Gasteiger partial charge is 0.545 e. The lowest BCUT2D eigenvalue weighted by atomic mass is 9.94. The molecule has 1 aromatic heterocycles. The fourth-order valence-electron chi connectivity index (χ4n) is 2.46. The van der Waals surface area contributed by atoms with Crippen LogP contribution in [0.25, 0.3) is 22.0 Å². The SMILES string of the molecule is O=C([O-])c1nc2ccccc2c(C(=O)[O-])c1-c1ccccc1. The van der Waals surface area contributed by atoms with E-state index in [-0.39, 0.29) is 16.6 Å². The van der Waals surface area contributed by atoms with Crippen LogP contribution in [0.3, 0.4) is 0 Å². The zero-order valence-corrected chi connectivity index (χ0v) is 11.3. The summed E-state index contributed by atoms with van der Waals surface area (Å²) in [4.78, 5) is 27.1. The number of aromatic nitrogens is 1. The number of para-hydroxylation sites is 1. The summed E-state index contributed by atoms with van der Waals surface area (Å²) >= 11 is 0. The number of pyridine rings is 1.